The van der Waals surface area contributed by atoms with Crippen LogP contribution in [0.2, 0.25) is 0 Å². The van der Waals surface area contributed by atoms with Crippen LogP contribution in [0.4, 0.5) is 11.4 Å². The van der Waals surface area contributed by atoms with E-state index in [0.29, 0.717) is 5.75 Å². The normalized spacial score (nSPS) is 14.1. The Bertz CT molecular complexity index is 934. The summed E-state index contributed by atoms with van der Waals surface area (Å²) < 4.78 is 16.0. The number of methoxy groups -OCH3 is 3. The summed E-state index contributed by atoms with van der Waals surface area (Å²) in [5, 5.41) is 10.7. The first-order chi connectivity index (χ1) is 14.6. The van der Waals surface area contributed by atoms with Gasteiger partial charge in [0, 0.05) is 30.0 Å². The third-order valence-corrected chi connectivity index (χ3v) is 5.49. The number of hydrogen-bond acceptors (Lipinski definition) is 6. The van der Waals surface area contributed by atoms with E-state index >= 15 is 0 Å². The van der Waals surface area contributed by atoms with Gasteiger partial charge < -0.3 is 29.1 Å². The van der Waals surface area contributed by atoms with Crippen molar-refractivity contribution in [3.05, 3.63) is 72.3 Å². The molecule has 0 aromatic heterocycles. The lowest BCUT2D eigenvalue weighted by Gasteiger charge is -2.34. The van der Waals surface area contributed by atoms with Gasteiger partial charge in [-0.15, -0.1) is 0 Å². The third kappa shape index (κ3) is 3.68. The molecule has 6 heteroatoms. The zero-order valence-corrected chi connectivity index (χ0v) is 17.4. The summed E-state index contributed by atoms with van der Waals surface area (Å²) in [5.41, 5.74) is 2.90. The predicted octanol–water partition coefficient (Wildman–Crippen LogP) is 4.44. The molecule has 3 aromatic rings. The van der Waals surface area contributed by atoms with Crippen LogP contribution in [0.15, 0.2) is 66.7 Å². The van der Waals surface area contributed by atoms with Gasteiger partial charge in [-0.3, -0.25) is 0 Å². The Kier molecular flexibility index (Phi) is 5.57. The van der Waals surface area contributed by atoms with Gasteiger partial charge >= 0.3 is 0 Å². The van der Waals surface area contributed by atoms with Crippen molar-refractivity contribution in [2.45, 2.75) is 6.17 Å². The van der Waals surface area contributed by atoms with E-state index in [4.69, 9.17) is 14.2 Å². The van der Waals surface area contributed by atoms with Gasteiger partial charge in [0.1, 0.15) is 29.2 Å². The van der Waals surface area contributed by atoms with Crippen molar-refractivity contribution in [1.29, 1.82) is 0 Å². The Hall–Kier alpha value is -3.54. The number of ether oxygens (including phenoxy) is 3. The molecule has 0 spiro atoms. The highest BCUT2D eigenvalue weighted by Crippen LogP contribution is 2.42. The van der Waals surface area contributed by atoms with E-state index in [1.54, 1.807) is 33.5 Å². The molecule has 0 atom stereocenters. The lowest BCUT2D eigenvalue weighted by Crippen LogP contribution is -2.31. The van der Waals surface area contributed by atoms with Crippen LogP contribution in [-0.4, -0.2) is 39.5 Å². The first-order valence-electron chi connectivity index (χ1n) is 9.83. The lowest BCUT2D eigenvalue weighted by molar-refractivity contribution is 0.409. The molecule has 0 unspecified atom stereocenters. The molecule has 30 heavy (non-hydrogen) atoms. The number of anilines is 2. The quantitative estimate of drug-likeness (QED) is 0.653. The smallest absolute Gasteiger partial charge is 0.132 e. The average Bonchev–Trinajstić information content (AvgIpc) is 3.24. The van der Waals surface area contributed by atoms with E-state index in [1.807, 2.05) is 54.6 Å². The van der Waals surface area contributed by atoms with Crippen molar-refractivity contribution in [1.82, 2.24) is 0 Å². The highest BCUT2D eigenvalue weighted by molar-refractivity contribution is 5.62. The Labute approximate surface area is 176 Å². The lowest BCUT2D eigenvalue weighted by atomic mass is 10.1. The van der Waals surface area contributed by atoms with E-state index in [9.17, 15) is 5.11 Å². The molecule has 0 aliphatic carbocycles. The summed E-state index contributed by atoms with van der Waals surface area (Å²) in [6, 6.07) is 21.3. The number of hydrogen-bond donors (Lipinski definition) is 1. The minimum atomic E-state index is -0.193. The molecule has 4 rings (SSSR count). The van der Waals surface area contributed by atoms with Crippen molar-refractivity contribution in [2.75, 3.05) is 44.2 Å². The summed E-state index contributed by atoms with van der Waals surface area (Å²) in [6.07, 6.45) is -0.193. The monoisotopic (exact) mass is 406 g/mol. The van der Waals surface area contributed by atoms with Crippen LogP contribution < -0.4 is 24.0 Å². The van der Waals surface area contributed by atoms with Crippen LogP contribution >= 0.6 is 0 Å². The number of benzene rings is 3. The third-order valence-electron chi connectivity index (χ3n) is 5.49. The molecule has 1 N–H and O–H groups in total. The van der Waals surface area contributed by atoms with Crippen LogP contribution in [0, 0.1) is 0 Å². The molecule has 1 fully saturated rings. The topological polar surface area (TPSA) is 54.4 Å². The first-order valence-corrected chi connectivity index (χ1v) is 9.83. The molecule has 1 aliphatic rings. The fourth-order valence-electron chi connectivity index (χ4n) is 3.92. The van der Waals surface area contributed by atoms with Crippen LogP contribution in [0.1, 0.15) is 11.7 Å². The van der Waals surface area contributed by atoms with Crippen molar-refractivity contribution >= 4 is 11.4 Å². The van der Waals surface area contributed by atoms with Crippen LogP contribution in [-0.2, 0) is 0 Å². The number of phenols is 1. The maximum Gasteiger partial charge on any atom is 0.132 e. The Balaban J connectivity index is 1.78. The highest BCUT2D eigenvalue weighted by Gasteiger charge is 2.35. The second-order valence-corrected chi connectivity index (χ2v) is 7.08. The number of phenolic OH excluding ortho intramolecular Hbond substituents is 1. The Morgan fingerprint density at radius 1 is 0.667 bits per heavy atom. The Morgan fingerprint density at radius 2 is 1.10 bits per heavy atom. The second-order valence-electron chi connectivity index (χ2n) is 7.08. The summed E-state index contributed by atoms with van der Waals surface area (Å²) in [5.74, 6) is 2.57. The van der Waals surface area contributed by atoms with E-state index in [0.717, 1.165) is 41.5 Å². The summed E-state index contributed by atoms with van der Waals surface area (Å²) >= 11 is 0. The number of rotatable bonds is 6. The SMILES string of the molecule is COc1ccc(N2CCN(c3ccc(OC)cc3)C2c2cc(OC)ccc2O)cc1. The van der Waals surface area contributed by atoms with E-state index in [2.05, 4.69) is 9.80 Å². The summed E-state index contributed by atoms with van der Waals surface area (Å²) in [6.45, 7) is 1.61. The van der Waals surface area contributed by atoms with Crippen LogP contribution in [0.5, 0.6) is 23.0 Å². The molecular formula is C24H26N2O4. The molecule has 1 heterocycles. The first kappa shape index (κ1) is 19.8. The minimum absolute atomic E-state index is 0.193. The molecule has 1 aliphatic heterocycles. The van der Waals surface area contributed by atoms with E-state index in [-0.39, 0.29) is 11.9 Å². The predicted molar refractivity (Wildman–Crippen MR) is 118 cm³/mol. The molecule has 6 nitrogen and oxygen atoms in total. The minimum Gasteiger partial charge on any atom is -0.508 e. The van der Waals surface area contributed by atoms with Gasteiger partial charge in [0.15, 0.2) is 0 Å². The van der Waals surface area contributed by atoms with Crippen molar-refractivity contribution in [3.63, 3.8) is 0 Å². The van der Waals surface area contributed by atoms with E-state index < -0.39 is 0 Å². The highest BCUT2D eigenvalue weighted by atomic mass is 16.5. The van der Waals surface area contributed by atoms with Crippen molar-refractivity contribution in [2.24, 2.45) is 0 Å². The van der Waals surface area contributed by atoms with E-state index in [1.165, 1.54) is 0 Å². The van der Waals surface area contributed by atoms with Gasteiger partial charge in [-0.05, 0) is 66.7 Å². The van der Waals surface area contributed by atoms with Crippen LogP contribution in [0.25, 0.3) is 0 Å². The maximum absolute atomic E-state index is 10.7. The molecule has 0 bridgehead atoms. The molecule has 156 valence electrons. The summed E-state index contributed by atoms with van der Waals surface area (Å²) in [7, 11) is 4.95. The standard InChI is InChI=1S/C24H26N2O4/c1-28-19-8-4-17(5-9-19)25-14-15-26(18-6-10-20(29-2)11-7-18)24(25)22-16-21(30-3)12-13-23(22)27/h4-13,16,24,27H,14-15H2,1-3H3. The van der Waals surface area contributed by atoms with Gasteiger partial charge in [-0.2, -0.15) is 0 Å². The molecule has 0 amide bonds. The van der Waals surface area contributed by atoms with Crippen molar-refractivity contribution in [3.8, 4) is 23.0 Å². The fraction of sp³-hybridized carbons (Fsp3) is 0.250. The molecular weight excluding hydrogens is 380 g/mol. The van der Waals surface area contributed by atoms with Gasteiger partial charge in [0.25, 0.3) is 0 Å². The van der Waals surface area contributed by atoms with Gasteiger partial charge in [-0.25, -0.2) is 0 Å². The van der Waals surface area contributed by atoms with Gasteiger partial charge in [-0.1, -0.05) is 0 Å². The van der Waals surface area contributed by atoms with Gasteiger partial charge in [0.05, 0.1) is 21.3 Å². The number of nitrogens with zero attached hydrogens (tertiary/aromatic N) is 2. The van der Waals surface area contributed by atoms with Crippen molar-refractivity contribution < 1.29 is 19.3 Å². The molecule has 0 radical (unpaired) electrons. The summed E-state index contributed by atoms with van der Waals surface area (Å²) in [4.78, 5) is 4.55. The average molecular weight is 406 g/mol. The second kappa shape index (κ2) is 8.45. The zero-order valence-electron chi connectivity index (χ0n) is 17.4. The van der Waals surface area contributed by atoms with Gasteiger partial charge in [0.2, 0.25) is 0 Å². The molecule has 3 aromatic carbocycles. The number of aromatic hydroxyl groups is 1. The van der Waals surface area contributed by atoms with Crippen LogP contribution in [0.3, 0.4) is 0 Å². The largest absolute Gasteiger partial charge is 0.508 e. The zero-order chi connectivity index (χ0) is 21.1. The molecule has 0 saturated carbocycles. The fourth-order valence-corrected chi connectivity index (χ4v) is 3.92. The molecule has 1 saturated heterocycles. The maximum atomic E-state index is 10.7. The Morgan fingerprint density at radius 3 is 1.53 bits per heavy atom.